The van der Waals surface area contributed by atoms with Crippen LogP contribution >= 0.6 is 0 Å². The average Bonchev–Trinajstić information content (AvgIpc) is 3.12. The maximum Gasteiger partial charge on any atom is 0.137 e. The van der Waals surface area contributed by atoms with E-state index in [-0.39, 0.29) is 0 Å². The van der Waals surface area contributed by atoms with Gasteiger partial charge in [0.25, 0.3) is 0 Å². The lowest BCUT2D eigenvalue weighted by Crippen LogP contribution is -2.34. The molecule has 2 aliphatic carbocycles. The fourth-order valence-electron chi connectivity index (χ4n) is 2.61. The van der Waals surface area contributed by atoms with Crippen molar-refractivity contribution in [1.82, 2.24) is 10.3 Å². The van der Waals surface area contributed by atoms with Gasteiger partial charge in [0.1, 0.15) is 5.75 Å². The molecule has 17 heavy (non-hydrogen) atoms. The minimum absolute atomic E-state index is 0.684. The highest BCUT2D eigenvalue weighted by Gasteiger charge is 2.33. The molecule has 3 nitrogen and oxygen atoms in total. The van der Waals surface area contributed by atoms with Gasteiger partial charge in [0.2, 0.25) is 0 Å². The van der Waals surface area contributed by atoms with E-state index in [1.807, 2.05) is 6.20 Å². The lowest BCUT2D eigenvalue weighted by molar-refractivity contribution is 0.244. The van der Waals surface area contributed by atoms with Crippen LogP contribution in [0.3, 0.4) is 0 Å². The summed E-state index contributed by atoms with van der Waals surface area (Å²) in [7, 11) is 1.70. The van der Waals surface area contributed by atoms with Crippen LogP contribution in [0, 0.1) is 5.92 Å². The van der Waals surface area contributed by atoms with Crippen molar-refractivity contribution in [2.24, 2.45) is 5.92 Å². The highest BCUT2D eigenvalue weighted by Crippen LogP contribution is 2.42. The molecule has 92 valence electrons. The Morgan fingerprint density at radius 3 is 2.82 bits per heavy atom. The van der Waals surface area contributed by atoms with Crippen molar-refractivity contribution in [2.45, 2.75) is 37.6 Å². The molecule has 2 unspecified atom stereocenters. The smallest absolute Gasteiger partial charge is 0.137 e. The Morgan fingerprint density at radius 2 is 2.18 bits per heavy atom. The summed E-state index contributed by atoms with van der Waals surface area (Å²) >= 11 is 0. The first-order chi connectivity index (χ1) is 8.36. The minimum atomic E-state index is 0.684. The third-order valence-corrected chi connectivity index (χ3v) is 4.06. The Balaban J connectivity index is 1.61. The average molecular weight is 232 g/mol. The Labute approximate surface area is 103 Å². The van der Waals surface area contributed by atoms with Crippen molar-refractivity contribution in [1.29, 1.82) is 0 Å². The summed E-state index contributed by atoms with van der Waals surface area (Å²) in [6.45, 7) is 1.17. The Kier molecular flexibility index (Phi) is 3.02. The quantitative estimate of drug-likeness (QED) is 0.846. The number of nitrogens with zero attached hydrogens (tertiary/aromatic N) is 1. The molecule has 1 aromatic rings. The third kappa shape index (κ3) is 2.44. The number of aromatic nitrogens is 1. The van der Waals surface area contributed by atoms with E-state index in [0.717, 1.165) is 17.7 Å². The van der Waals surface area contributed by atoms with Crippen molar-refractivity contribution in [2.75, 3.05) is 13.7 Å². The molecule has 0 amide bonds. The van der Waals surface area contributed by atoms with E-state index in [1.54, 1.807) is 13.3 Å². The first kappa shape index (κ1) is 11.0. The van der Waals surface area contributed by atoms with Gasteiger partial charge in [-0.1, -0.05) is 0 Å². The number of ether oxygens (including phenoxy) is 1. The van der Waals surface area contributed by atoms with Gasteiger partial charge in [-0.25, -0.2) is 0 Å². The van der Waals surface area contributed by atoms with Crippen LogP contribution in [0.1, 0.15) is 37.2 Å². The molecule has 0 bridgehead atoms. The van der Waals surface area contributed by atoms with Crippen molar-refractivity contribution in [3.8, 4) is 5.75 Å². The molecule has 3 heteroatoms. The monoisotopic (exact) mass is 232 g/mol. The SMILES string of the molecule is COc1cncc(C2CCC2CNC2CC2)c1. The van der Waals surface area contributed by atoms with Gasteiger partial charge in [0.05, 0.1) is 13.3 Å². The Morgan fingerprint density at radius 1 is 1.29 bits per heavy atom. The zero-order chi connectivity index (χ0) is 11.7. The molecule has 0 radical (unpaired) electrons. The number of hydrogen-bond acceptors (Lipinski definition) is 3. The lowest BCUT2D eigenvalue weighted by Gasteiger charge is -2.37. The highest BCUT2D eigenvalue weighted by molar-refractivity contribution is 5.28. The van der Waals surface area contributed by atoms with Crippen molar-refractivity contribution < 1.29 is 4.74 Å². The molecule has 3 rings (SSSR count). The van der Waals surface area contributed by atoms with Gasteiger partial charge in [0.15, 0.2) is 0 Å². The molecule has 2 atom stereocenters. The van der Waals surface area contributed by atoms with Crippen molar-refractivity contribution >= 4 is 0 Å². The van der Waals surface area contributed by atoms with Gasteiger partial charge in [-0.05, 0) is 55.7 Å². The first-order valence-corrected chi connectivity index (χ1v) is 6.59. The van der Waals surface area contributed by atoms with Crippen LogP contribution in [-0.4, -0.2) is 24.7 Å². The number of methoxy groups -OCH3 is 1. The maximum atomic E-state index is 5.24. The van der Waals surface area contributed by atoms with Crippen LogP contribution in [0.5, 0.6) is 5.75 Å². The third-order valence-electron chi connectivity index (χ3n) is 4.06. The maximum absolute atomic E-state index is 5.24. The molecule has 1 heterocycles. The van der Waals surface area contributed by atoms with E-state index in [2.05, 4.69) is 16.4 Å². The first-order valence-electron chi connectivity index (χ1n) is 6.59. The summed E-state index contributed by atoms with van der Waals surface area (Å²) in [6, 6.07) is 2.96. The summed E-state index contributed by atoms with van der Waals surface area (Å²) in [5.41, 5.74) is 1.35. The van der Waals surface area contributed by atoms with Gasteiger partial charge >= 0.3 is 0 Å². The van der Waals surface area contributed by atoms with Crippen LogP contribution in [0.2, 0.25) is 0 Å². The van der Waals surface area contributed by atoms with E-state index in [1.165, 1.54) is 37.8 Å². The van der Waals surface area contributed by atoms with Gasteiger partial charge < -0.3 is 10.1 Å². The van der Waals surface area contributed by atoms with Crippen LogP contribution < -0.4 is 10.1 Å². The molecular formula is C14H20N2O. The number of nitrogens with one attached hydrogen (secondary N) is 1. The predicted octanol–water partition coefficient (Wildman–Crippen LogP) is 2.34. The van der Waals surface area contributed by atoms with Crippen LogP contribution in [-0.2, 0) is 0 Å². The van der Waals surface area contributed by atoms with Crippen LogP contribution in [0.15, 0.2) is 18.5 Å². The standard InChI is InChI=1S/C14H20N2O/c1-17-13-6-11(7-15-9-13)14-5-2-10(14)8-16-12-3-4-12/h6-7,9-10,12,14,16H,2-5,8H2,1H3. The molecule has 2 saturated carbocycles. The van der Waals surface area contributed by atoms with Gasteiger partial charge in [0, 0.05) is 12.2 Å². The Hall–Kier alpha value is -1.09. The Bertz CT molecular complexity index is 390. The highest BCUT2D eigenvalue weighted by atomic mass is 16.5. The van der Waals surface area contributed by atoms with Gasteiger partial charge in [-0.3, -0.25) is 4.98 Å². The van der Waals surface area contributed by atoms with E-state index in [0.29, 0.717) is 5.92 Å². The van der Waals surface area contributed by atoms with Crippen molar-refractivity contribution in [3.63, 3.8) is 0 Å². The molecule has 1 aromatic heterocycles. The van der Waals surface area contributed by atoms with E-state index in [9.17, 15) is 0 Å². The zero-order valence-electron chi connectivity index (χ0n) is 10.4. The molecule has 2 fully saturated rings. The number of pyridine rings is 1. The summed E-state index contributed by atoms with van der Waals surface area (Å²) < 4.78 is 5.24. The summed E-state index contributed by atoms with van der Waals surface area (Å²) in [4.78, 5) is 4.25. The molecule has 2 aliphatic rings. The lowest BCUT2D eigenvalue weighted by atomic mass is 9.70. The minimum Gasteiger partial charge on any atom is -0.495 e. The van der Waals surface area contributed by atoms with E-state index in [4.69, 9.17) is 4.74 Å². The molecule has 0 spiro atoms. The van der Waals surface area contributed by atoms with Crippen molar-refractivity contribution in [3.05, 3.63) is 24.0 Å². The molecular weight excluding hydrogens is 212 g/mol. The number of rotatable bonds is 5. The van der Waals surface area contributed by atoms with E-state index >= 15 is 0 Å². The fourth-order valence-corrected chi connectivity index (χ4v) is 2.61. The summed E-state index contributed by atoms with van der Waals surface area (Å²) in [6.07, 6.45) is 9.17. The van der Waals surface area contributed by atoms with Crippen LogP contribution in [0.4, 0.5) is 0 Å². The topological polar surface area (TPSA) is 34.1 Å². The van der Waals surface area contributed by atoms with Gasteiger partial charge in [-0.15, -0.1) is 0 Å². The van der Waals surface area contributed by atoms with E-state index < -0.39 is 0 Å². The second kappa shape index (κ2) is 4.65. The van der Waals surface area contributed by atoms with Gasteiger partial charge in [-0.2, -0.15) is 0 Å². The second-order valence-electron chi connectivity index (χ2n) is 5.28. The summed E-state index contributed by atoms with van der Waals surface area (Å²) in [5.74, 6) is 2.36. The predicted molar refractivity (Wildman–Crippen MR) is 67.3 cm³/mol. The molecule has 0 saturated heterocycles. The zero-order valence-corrected chi connectivity index (χ0v) is 10.4. The normalized spacial score (nSPS) is 27.6. The summed E-state index contributed by atoms with van der Waals surface area (Å²) in [5, 5.41) is 3.64. The fraction of sp³-hybridized carbons (Fsp3) is 0.643. The second-order valence-corrected chi connectivity index (χ2v) is 5.28. The molecule has 0 aromatic carbocycles. The largest absolute Gasteiger partial charge is 0.495 e. The number of hydrogen-bond donors (Lipinski definition) is 1. The van der Waals surface area contributed by atoms with Crippen LogP contribution in [0.25, 0.3) is 0 Å². The molecule has 1 N–H and O–H groups in total. The molecule has 0 aliphatic heterocycles.